The molecular formula is C17H26N2O. The van der Waals surface area contributed by atoms with Crippen molar-refractivity contribution in [1.29, 1.82) is 0 Å². The molecule has 2 aliphatic rings. The van der Waals surface area contributed by atoms with Gasteiger partial charge in [-0.1, -0.05) is 0 Å². The number of methoxy groups -OCH3 is 1. The van der Waals surface area contributed by atoms with Gasteiger partial charge >= 0.3 is 0 Å². The molecule has 0 unspecified atom stereocenters. The van der Waals surface area contributed by atoms with E-state index in [2.05, 4.69) is 41.5 Å². The molecule has 110 valence electrons. The summed E-state index contributed by atoms with van der Waals surface area (Å²) in [5, 5.41) is 3.43. The van der Waals surface area contributed by atoms with Gasteiger partial charge in [-0.3, -0.25) is 0 Å². The first-order chi connectivity index (χ1) is 9.81. The van der Waals surface area contributed by atoms with Crippen LogP contribution < -0.4 is 15.0 Å². The molecule has 0 heterocycles. The van der Waals surface area contributed by atoms with Crippen LogP contribution in [-0.2, 0) is 0 Å². The molecule has 3 heteroatoms. The van der Waals surface area contributed by atoms with Gasteiger partial charge in [0.25, 0.3) is 0 Å². The third-order valence-corrected chi connectivity index (χ3v) is 4.81. The van der Waals surface area contributed by atoms with Crippen molar-refractivity contribution in [3.8, 4) is 5.75 Å². The zero-order chi connectivity index (χ0) is 13.9. The molecule has 0 saturated heterocycles. The van der Waals surface area contributed by atoms with E-state index in [0.29, 0.717) is 0 Å². The van der Waals surface area contributed by atoms with Crippen LogP contribution in [0.25, 0.3) is 0 Å². The first kappa shape index (κ1) is 13.7. The monoisotopic (exact) mass is 274 g/mol. The van der Waals surface area contributed by atoms with E-state index < -0.39 is 0 Å². The van der Waals surface area contributed by atoms with Crippen molar-refractivity contribution in [2.45, 2.75) is 56.7 Å². The van der Waals surface area contributed by atoms with Gasteiger partial charge in [0, 0.05) is 23.8 Å². The summed E-state index contributed by atoms with van der Waals surface area (Å²) in [6, 6.07) is 10.8. The molecule has 0 aromatic heterocycles. The minimum Gasteiger partial charge on any atom is -0.497 e. The average molecular weight is 274 g/mol. The van der Waals surface area contributed by atoms with Crippen LogP contribution >= 0.6 is 0 Å². The minimum absolute atomic E-state index is 0.723. The van der Waals surface area contributed by atoms with Crippen molar-refractivity contribution < 1.29 is 4.74 Å². The highest BCUT2D eigenvalue weighted by Crippen LogP contribution is 2.38. The highest BCUT2D eigenvalue weighted by molar-refractivity contribution is 5.52. The molecule has 0 amide bonds. The Hall–Kier alpha value is -1.22. The fourth-order valence-corrected chi connectivity index (χ4v) is 3.47. The van der Waals surface area contributed by atoms with E-state index in [0.717, 1.165) is 23.9 Å². The van der Waals surface area contributed by atoms with Crippen LogP contribution in [0.1, 0.15) is 38.5 Å². The zero-order valence-electron chi connectivity index (χ0n) is 12.6. The summed E-state index contributed by atoms with van der Waals surface area (Å²) in [6.45, 7) is 0. The summed E-state index contributed by atoms with van der Waals surface area (Å²) in [7, 11) is 3.82. The molecule has 3 nitrogen and oxygen atoms in total. The second-order valence-corrected chi connectivity index (χ2v) is 6.13. The maximum atomic E-state index is 5.27. The van der Waals surface area contributed by atoms with Gasteiger partial charge in [0.2, 0.25) is 0 Å². The Balaban J connectivity index is 1.72. The van der Waals surface area contributed by atoms with Gasteiger partial charge in [-0.05, 0) is 69.8 Å². The molecule has 1 aromatic rings. The second kappa shape index (κ2) is 6.04. The van der Waals surface area contributed by atoms with E-state index in [-0.39, 0.29) is 0 Å². The summed E-state index contributed by atoms with van der Waals surface area (Å²) in [5.74, 6) is 0.948. The number of hydrogen-bond donors (Lipinski definition) is 1. The van der Waals surface area contributed by atoms with Crippen LogP contribution in [-0.4, -0.2) is 32.3 Å². The Morgan fingerprint density at radius 2 is 1.50 bits per heavy atom. The zero-order valence-corrected chi connectivity index (χ0v) is 12.6. The van der Waals surface area contributed by atoms with Gasteiger partial charge in [0.15, 0.2) is 0 Å². The van der Waals surface area contributed by atoms with Crippen molar-refractivity contribution in [1.82, 2.24) is 5.32 Å². The van der Waals surface area contributed by atoms with E-state index in [1.807, 2.05) is 0 Å². The van der Waals surface area contributed by atoms with E-state index >= 15 is 0 Å². The molecule has 0 bridgehead atoms. The van der Waals surface area contributed by atoms with Crippen LogP contribution in [0.2, 0.25) is 0 Å². The number of hydrogen-bond acceptors (Lipinski definition) is 3. The van der Waals surface area contributed by atoms with Crippen molar-refractivity contribution in [2.75, 3.05) is 19.1 Å². The molecule has 2 saturated carbocycles. The van der Waals surface area contributed by atoms with E-state index in [1.54, 1.807) is 7.11 Å². The summed E-state index contributed by atoms with van der Waals surface area (Å²) < 4.78 is 5.27. The van der Waals surface area contributed by atoms with Crippen molar-refractivity contribution >= 4 is 5.69 Å². The van der Waals surface area contributed by atoms with Gasteiger partial charge in [0.1, 0.15) is 5.75 Å². The molecule has 3 rings (SSSR count). The highest BCUT2D eigenvalue weighted by atomic mass is 16.5. The van der Waals surface area contributed by atoms with E-state index in [9.17, 15) is 0 Å². The van der Waals surface area contributed by atoms with Crippen molar-refractivity contribution in [3.05, 3.63) is 24.3 Å². The van der Waals surface area contributed by atoms with Crippen molar-refractivity contribution in [3.63, 3.8) is 0 Å². The molecule has 0 aliphatic heterocycles. The standard InChI is InChI=1S/C17H26N2O/c1-18-13-3-5-14(6-4-13)19(15-7-8-15)16-9-11-17(20-2)12-10-16/h9-15,18H,3-8H2,1-2H3. The lowest BCUT2D eigenvalue weighted by Gasteiger charge is -2.38. The lowest BCUT2D eigenvalue weighted by atomic mass is 9.90. The van der Waals surface area contributed by atoms with Crippen LogP contribution in [0, 0.1) is 0 Å². The molecular weight excluding hydrogens is 248 g/mol. The van der Waals surface area contributed by atoms with Crippen molar-refractivity contribution in [2.24, 2.45) is 0 Å². The lowest BCUT2D eigenvalue weighted by molar-refractivity contribution is 0.343. The Bertz CT molecular complexity index is 419. The van der Waals surface area contributed by atoms with Crippen LogP contribution in [0.5, 0.6) is 5.75 Å². The van der Waals surface area contributed by atoms with Gasteiger partial charge in [-0.15, -0.1) is 0 Å². The summed E-state index contributed by atoms with van der Waals surface area (Å²) in [6.07, 6.45) is 7.96. The number of rotatable bonds is 5. The fourth-order valence-electron chi connectivity index (χ4n) is 3.47. The summed E-state index contributed by atoms with van der Waals surface area (Å²) >= 11 is 0. The summed E-state index contributed by atoms with van der Waals surface area (Å²) in [5.41, 5.74) is 1.38. The lowest BCUT2D eigenvalue weighted by Crippen LogP contribution is -2.43. The third-order valence-electron chi connectivity index (χ3n) is 4.81. The predicted molar refractivity (Wildman–Crippen MR) is 83.6 cm³/mol. The number of nitrogens with zero attached hydrogens (tertiary/aromatic N) is 1. The molecule has 0 atom stereocenters. The molecule has 1 aromatic carbocycles. The quantitative estimate of drug-likeness (QED) is 0.892. The Morgan fingerprint density at radius 1 is 0.950 bits per heavy atom. The SMILES string of the molecule is CNC1CCC(N(c2ccc(OC)cc2)C2CC2)CC1. The van der Waals surface area contributed by atoms with Gasteiger partial charge in [-0.25, -0.2) is 0 Å². The Morgan fingerprint density at radius 3 is 1.95 bits per heavy atom. The fraction of sp³-hybridized carbons (Fsp3) is 0.647. The van der Waals surface area contributed by atoms with Crippen LogP contribution in [0.4, 0.5) is 5.69 Å². The smallest absolute Gasteiger partial charge is 0.119 e. The van der Waals surface area contributed by atoms with Gasteiger partial charge < -0.3 is 15.0 Å². The molecule has 2 fully saturated rings. The normalized spacial score (nSPS) is 26.3. The molecule has 2 aliphatic carbocycles. The predicted octanol–water partition coefficient (Wildman–Crippen LogP) is 3.19. The first-order valence-electron chi connectivity index (χ1n) is 7.91. The molecule has 20 heavy (non-hydrogen) atoms. The highest BCUT2D eigenvalue weighted by Gasteiger charge is 2.35. The number of ether oxygens (including phenoxy) is 1. The topological polar surface area (TPSA) is 24.5 Å². The third kappa shape index (κ3) is 2.93. The number of benzene rings is 1. The first-order valence-corrected chi connectivity index (χ1v) is 7.91. The van der Waals surface area contributed by atoms with Crippen LogP contribution in [0.15, 0.2) is 24.3 Å². The number of anilines is 1. The number of nitrogens with one attached hydrogen (secondary N) is 1. The van der Waals surface area contributed by atoms with E-state index in [4.69, 9.17) is 4.74 Å². The molecule has 0 spiro atoms. The molecule has 1 N–H and O–H groups in total. The van der Waals surface area contributed by atoms with Gasteiger partial charge in [0.05, 0.1) is 7.11 Å². The van der Waals surface area contributed by atoms with E-state index in [1.165, 1.54) is 44.2 Å². The largest absolute Gasteiger partial charge is 0.497 e. The minimum atomic E-state index is 0.723. The Kier molecular flexibility index (Phi) is 4.16. The maximum absolute atomic E-state index is 5.27. The van der Waals surface area contributed by atoms with Gasteiger partial charge in [-0.2, -0.15) is 0 Å². The summed E-state index contributed by atoms with van der Waals surface area (Å²) in [4.78, 5) is 2.69. The molecule has 0 radical (unpaired) electrons. The maximum Gasteiger partial charge on any atom is 0.119 e. The van der Waals surface area contributed by atoms with Crippen LogP contribution in [0.3, 0.4) is 0 Å². The second-order valence-electron chi connectivity index (χ2n) is 6.13. The Labute approximate surface area is 122 Å². The average Bonchev–Trinajstić information content (AvgIpc) is 3.34.